The lowest BCUT2D eigenvalue weighted by molar-refractivity contribution is -0.115. The number of nitrogens with one attached hydrogen (secondary N) is 1. The van der Waals surface area contributed by atoms with E-state index in [4.69, 9.17) is 9.47 Å². The number of methoxy groups -OCH3 is 1. The van der Waals surface area contributed by atoms with Crippen LogP contribution in [0.5, 0.6) is 11.5 Å². The van der Waals surface area contributed by atoms with Crippen molar-refractivity contribution in [3.05, 3.63) is 59.9 Å². The fourth-order valence-electron chi connectivity index (χ4n) is 3.34. The van der Waals surface area contributed by atoms with Crippen LogP contribution in [0, 0.1) is 12.8 Å². The van der Waals surface area contributed by atoms with Crippen LogP contribution in [0.25, 0.3) is 0 Å². The highest BCUT2D eigenvalue weighted by Crippen LogP contribution is 2.32. The van der Waals surface area contributed by atoms with Gasteiger partial charge in [0.25, 0.3) is 0 Å². The number of hydrogen-bond acceptors (Lipinski definition) is 6. The molecule has 1 heterocycles. The van der Waals surface area contributed by atoms with Crippen LogP contribution in [0.4, 0.5) is 5.69 Å². The first-order valence-electron chi connectivity index (χ1n) is 11.1. The van der Waals surface area contributed by atoms with E-state index >= 15 is 0 Å². The van der Waals surface area contributed by atoms with E-state index in [0.717, 1.165) is 17.8 Å². The summed E-state index contributed by atoms with van der Waals surface area (Å²) >= 11 is 1.39. The summed E-state index contributed by atoms with van der Waals surface area (Å²) in [6, 6.07) is 15.3. The lowest BCUT2D eigenvalue weighted by Gasteiger charge is -2.19. The summed E-state index contributed by atoms with van der Waals surface area (Å²) in [6.45, 7) is 10.8. The topological polar surface area (TPSA) is 78.3 Å². The molecule has 176 valence electrons. The molecule has 0 bridgehead atoms. The third kappa shape index (κ3) is 6.28. The molecule has 7 nitrogen and oxygen atoms in total. The second kappa shape index (κ2) is 11.2. The number of hydrogen-bond donors (Lipinski definition) is 1. The van der Waals surface area contributed by atoms with Gasteiger partial charge in [-0.1, -0.05) is 55.9 Å². The molecule has 0 saturated carbocycles. The Kier molecular flexibility index (Phi) is 8.38. The normalized spacial score (nSPS) is 12.9. The van der Waals surface area contributed by atoms with Crippen molar-refractivity contribution in [3.8, 4) is 11.5 Å². The molecule has 1 N–H and O–H groups in total. The van der Waals surface area contributed by atoms with Crippen LogP contribution < -0.4 is 14.8 Å². The van der Waals surface area contributed by atoms with Crippen LogP contribution in [0.2, 0.25) is 0 Å². The summed E-state index contributed by atoms with van der Waals surface area (Å²) in [5.41, 5.74) is 1.84. The summed E-state index contributed by atoms with van der Waals surface area (Å²) < 4.78 is 13.6. The lowest BCUT2D eigenvalue weighted by Crippen LogP contribution is -2.23. The average Bonchev–Trinajstić information content (AvgIpc) is 3.17. The lowest BCUT2D eigenvalue weighted by atomic mass is 10.2. The summed E-state index contributed by atoms with van der Waals surface area (Å²) in [5.74, 6) is 2.31. The second-order valence-corrected chi connectivity index (χ2v) is 9.63. The predicted molar refractivity (Wildman–Crippen MR) is 132 cm³/mol. The highest BCUT2D eigenvalue weighted by Gasteiger charge is 2.24. The van der Waals surface area contributed by atoms with Gasteiger partial charge in [0.2, 0.25) is 5.91 Å². The Bertz CT molecular complexity index is 1080. The van der Waals surface area contributed by atoms with Crippen LogP contribution >= 0.6 is 11.8 Å². The maximum Gasteiger partial charge on any atom is 0.237 e. The molecule has 1 aromatic heterocycles. The molecule has 0 aliphatic heterocycles. The molecule has 1 amide bonds. The van der Waals surface area contributed by atoms with Gasteiger partial charge in [-0.05, 0) is 50.5 Å². The van der Waals surface area contributed by atoms with Crippen molar-refractivity contribution in [3.63, 3.8) is 0 Å². The van der Waals surface area contributed by atoms with E-state index in [1.165, 1.54) is 11.8 Å². The number of ether oxygens (including phenoxy) is 2. The number of benzene rings is 2. The van der Waals surface area contributed by atoms with Gasteiger partial charge in [0.1, 0.15) is 0 Å². The van der Waals surface area contributed by atoms with Gasteiger partial charge in [0.15, 0.2) is 28.6 Å². The highest BCUT2D eigenvalue weighted by atomic mass is 32.2. The third-order valence-electron chi connectivity index (χ3n) is 5.08. The van der Waals surface area contributed by atoms with Gasteiger partial charge in [-0.15, -0.1) is 10.2 Å². The number of para-hydroxylation sites is 3. The van der Waals surface area contributed by atoms with Crippen molar-refractivity contribution in [2.75, 3.05) is 12.4 Å². The maximum absolute atomic E-state index is 12.8. The van der Waals surface area contributed by atoms with Crippen molar-refractivity contribution in [1.82, 2.24) is 14.8 Å². The Morgan fingerprint density at radius 3 is 2.36 bits per heavy atom. The van der Waals surface area contributed by atoms with Crippen molar-refractivity contribution in [2.45, 2.75) is 57.7 Å². The number of thioether (sulfide) groups is 1. The molecule has 0 radical (unpaired) electrons. The number of anilines is 1. The molecular formula is C25H32N4O3S. The molecule has 0 aliphatic carbocycles. The zero-order chi connectivity index (χ0) is 24.0. The number of carbonyl (C=O) groups excluding carboxylic acids is 1. The molecule has 3 aromatic rings. The molecule has 2 atom stereocenters. The van der Waals surface area contributed by atoms with Gasteiger partial charge in [0.05, 0.1) is 12.4 Å². The van der Waals surface area contributed by atoms with Crippen LogP contribution in [0.3, 0.4) is 0 Å². The van der Waals surface area contributed by atoms with Crippen molar-refractivity contribution < 1.29 is 14.3 Å². The molecule has 0 saturated heterocycles. The molecule has 0 spiro atoms. The molecule has 0 fully saturated rings. The van der Waals surface area contributed by atoms with E-state index in [0.29, 0.717) is 28.4 Å². The molecule has 33 heavy (non-hydrogen) atoms. The number of nitrogens with zero attached hydrogens (tertiary/aromatic N) is 3. The zero-order valence-corrected chi connectivity index (χ0v) is 20.8. The average molecular weight is 469 g/mol. The van der Waals surface area contributed by atoms with Crippen LogP contribution in [-0.2, 0) is 11.3 Å². The number of aromatic nitrogens is 3. The maximum atomic E-state index is 12.8. The fraction of sp³-hybridized carbons (Fsp3) is 0.400. The molecule has 8 heteroatoms. The van der Waals surface area contributed by atoms with E-state index in [1.54, 1.807) is 7.11 Å². The van der Waals surface area contributed by atoms with Gasteiger partial charge in [-0.25, -0.2) is 0 Å². The minimum absolute atomic E-state index is 0.0757. The van der Waals surface area contributed by atoms with Gasteiger partial charge < -0.3 is 19.4 Å². The first-order valence-corrected chi connectivity index (χ1v) is 11.9. The van der Waals surface area contributed by atoms with E-state index in [9.17, 15) is 4.79 Å². The van der Waals surface area contributed by atoms with E-state index in [2.05, 4.69) is 29.4 Å². The largest absolute Gasteiger partial charge is 0.493 e. The summed E-state index contributed by atoms with van der Waals surface area (Å²) in [4.78, 5) is 12.8. The van der Waals surface area contributed by atoms with Crippen molar-refractivity contribution in [2.24, 2.45) is 5.92 Å². The van der Waals surface area contributed by atoms with Crippen LogP contribution in [-0.4, -0.2) is 33.0 Å². The SMILES string of the molecule is COc1ccccc1OC(C)c1nnc(SC(C)C(=O)Nc2ccccc2C)n1CC(C)C. The van der Waals surface area contributed by atoms with E-state index in [-0.39, 0.29) is 17.3 Å². The zero-order valence-electron chi connectivity index (χ0n) is 20.0. The first-order chi connectivity index (χ1) is 15.8. The summed E-state index contributed by atoms with van der Waals surface area (Å²) in [5, 5.41) is 12.2. The Morgan fingerprint density at radius 1 is 1.03 bits per heavy atom. The van der Waals surface area contributed by atoms with Gasteiger partial charge >= 0.3 is 0 Å². The molecule has 2 unspecified atom stereocenters. The second-order valence-electron chi connectivity index (χ2n) is 8.32. The Labute approximate surface area is 199 Å². The summed E-state index contributed by atoms with van der Waals surface area (Å²) in [6.07, 6.45) is -0.349. The third-order valence-corrected chi connectivity index (χ3v) is 6.16. The predicted octanol–water partition coefficient (Wildman–Crippen LogP) is 5.51. The molecule has 3 rings (SSSR count). The monoisotopic (exact) mass is 468 g/mol. The quantitative estimate of drug-likeness (QED) is 0.395. The number of aryl methyl sites for hydroxylation is 1. The van der Waals surface area contributed by atoms with E-state index < -0.39 is 0 Å². The Hall–Kier alpha value is -3.00. The minimum Gasteiger partial charge on any atom is -0.493 e. The van der Waals surface area contributed by atoms with Crippen molar-refractivity contribution >= 4 is 23.4 Å². The molecule has 2 aromatic carbocycles. The van der Waals surface area contributed by atoms with Crippen LogP contribution in [0.15, 0.2) is 53.7 Å². The minimum atomic E-state index is -0.349. The van der Waals surface area contributed by atoms with Gasteiger partial charge in [-0.2, -0.15) is 0 Å². The Morgan fingerprint density at radius 2 is 1.70 bits per heavy atom. The number of rotatable bonds is 10. The molecule has 0 aliphatic rings. The number of carbonyl (C=O) groups is 1. The molecular weight excluding hydrogens is 436 g/mol. The van der Waals surface area contributed by atoms with Crippen LogP contribution in [0.1, 0.15) is 45.2 Å². The fourth-order valence-corrected chi connectivity index (χ4v) is 4.21. The summed E-state index contributed by atoms with van der Waals surface area (Å²) in [7, 11) is 1.62. The Balaban J connectivity index is 1.78. The van der Waals surface area contributed by atoms with Gasteiger partial charge in [-0.3, -0.25) is 4.79 Å². The first kappa shape index (κ1) is 24.6. The van der Waals surface area contributed by atoms with Gasteiger partial charge in [0, 0.05) is 12.2 Å². The van der Waals surface area contributed by atoms with Crippen molar-refractivity contribution in [1.29, 1.82) is 0 Å². The number of amides is 1. The highest BCUT2D eigenvalue weighted by molar-refractivity contribution is 8.00. The smallest absolute Gasteiger partial charge is 0.237 e. The standard InChI is InChI=1S/C25H32N4O3S/c1-16(2)15-29-23(18(4)32-22-14-10-9-13-21(22)31-6)27-28-25(29)33-19(5)24(30)26-20-12-8-7-11-17(20)3/h7-14,16,18-19H,15H2,1-6H3,(H,26,30). The van der Waals surface area contributed by atoms with E-state index in [1.807, 2.05) is 73.9 Å².